The molecule has 1 aliphatic heterocycles. The lowest BCUT2D eigenvalue weighted by atomic mass is 9.79. The molecule has 36 heavy (non-hydrogen) atoms. The Morgan fingerprint density at radius 2 is 1.42 bits per heavy atom. The highest BCUT2D eigenvalue weighted by atomic mass is 16.6. The van der Waals surface area contributed by atoms with Crippen molar-refractivity contribution in [1.29, 1.82) is 0 Å². The summed E-state index contributed by atoms with van der Waals surface area (Å²) in [6.45, 7) is 10.5. The Balaban J connectivity index is 2.99. The highest BCUT2D eigenvalue weighted by Crippen LogP contribution is 2.33. The SMILES string of the molecule is C=CCOC(=O)NCC(CNC(=O)OCC=C)C(=O)C[C@@H]1[C@@H]([C@@H](C)O)C(=O)N1C(=O)C(=O)OCC=C. The summed E-state index contributed by atoms with van der Waals surface area (Å²) in [6.07, 6.45) is 0.547. The van der Waals surface area contributed by atoms with Crippen LogP contribution in [0.1, 0.15) is 13.3 Å². The number of β-lactam (4-membered cyclic amide) rings is 1. The van der Waals surface area contributed by atoms with E-state index in [4.69, 9.17) is 9.47 Å². The summed E-state index contributed by atoms with van der Waals surface area (Å²) >= 11 is 0. The minimum Gasteiger partial charge on any atom is -0.454 e. The average molecular weight is 510 g/mol. The Bertz CT molecular complexity index is 857. The second kappa shape index (κ2) is 15.1. The molecule has 13 heteroatoms. The quantitative estimate of drug-likeness (QED) is 0.0938. The Hall–Kier alpha value is -4.00. The van der Waals surface area contributed by atoms with Gasteiger partial charge in [-0.05, 0) is 6.92 Å². The fourth-order valence-electron chi connectivity index (χ4n) is 3.32. The molecule has 3 N–H and O–H groups in total. The third-order valence-electron chi connectivity index (χ3n) is 5.03. The van der Waals surface area contributed by atoms with Crippen molar-refractivity contribution in [2.24, 2.45) is 11.8 Å². The molecule has 0 bridgehead atoms. The number of imide groups is 1. The van der Waals surface area contributed by atoms with Crippen LogP contribution in [-0.2, 0) is 33.4 Å². The van der Waals surface area contributed by atoms with Gasteiger partial charge in [0.05, 0.1) is 24.0 Å². The van der Waals surface area contributed by atoms with Crippen LogP contribution in [0, 0.1) is 11.8 Å². The molecule has 198 valence electrons. The van der Waals surface area contributed by atoms with Crippen molar-refractivity contribution in [3.63, 3.8) is 0 Å². The van der Waals surface area contributed by atoms with Crippen LogP contribution in [0.4, 0.5) is 9.59 Å². The van der Waals surface area contributed by atoms with Gasteiger partial charge in [-0.3, -0.25) is 19.3 Å². The zero-order valence-corrected chi connectivity index (χ0v) is 20.0. The van der Waals surface area contributed by atoms with Gasteiger partial charge in [-0.2, -0.15) is 0 Å². The van der Waals surface area contributed by atoms with Crippen LogP contribution in [0.2, 0.25) is 0 Å². The van der Waals surface area contributed by atoms with Crippen LogP contribution in [0.15, 0.2) is 38.0 Å². The number of likely N-dealkylation sites (tertiary alicyclic amines) is 1. The van der Waals surface area contributed by atoms with Crippen LogP contribution in [-0.4, -0.2) is 90.8 Å². The number of carbonyl (C=O) groups is 6. The van der Waals surface area contributed by atoms with Crippen LogP contribution in [0.5, 0.6) is 0 Å². The minimum absolute atomic E-state index is 0.0736. The zero-order chi connectivity index (χ0) is 27.3. The van der Waals surface area contributed by atoms with Gasteiger partial charge < -0.3 is 30.0 Å². The van der Waals surface area contributed by atoms with Crippen LogP contribution in [0.25, 0.3) is 0 Å². The van der Waals surface area contributed by atoms with Gasteiger partial charge >= 0.3 is 24.1 Å². The van der Waals surface area contributed by atoms with Crippen molar-refractivity contribution >= 4 is 35.8 Å². The molecule has 1 fully saturated rings. The summed E-state index contributed by atoms with van der Waals surface area (Å²) in [5, 5.41) is 14.7. The number of Topliss-reactive ketones (excluding diaryl/α,β-unsaturated/α-hetero) is 1. The number of amides is 4. The van der Waals surface area contributed by atoms with E-state index in [9.17, 15) is 33.9 Å². The molecule has 1 saturated heterocycles. The third kappa shape index (κ3) is 8.65. The van der Waals surface area contributed by atoms with Crippen LogP contribution < -0.4 is 10.6 Å². The maximum absolute atomic E-state index is 13.1. The van der Waals surface area contributed by atoms with E-state index in [1.165, 1.54) is 25.2 Å². The van der Waals surface area contributed by atoms with Crippen molar-refractivity contribution in [3.8, 4) is 0 Å². The number of nitrogens with zero attached hydrogens (tertiary/aromatic N) is 1. The number of ketones is 1. The number of hydrogen-bond donors (Lipinski definition) is 3. The Morgan fingerprint density at radius 1 is 0.944 bits per heavy atom. The van der Waals surface area contributed by atoms with Crippen molar-refractivity contribution in [2.45, 2.75) is 25.5 Å². The normalized spacial score (nSPS) is 17.2. The predicted molar refractivity (Wildman–Crippen MR) is 124 cm³/mol. The van der Waals surface area contributed by atoms with Gasteiger partial charge in [0.15, 0.2) is 0 Å². The highest BCUT2D eigenvalue weighted by molar-refractivity contribution is 6.36. The molecule has 0 spiro atoms. The first-order valence-corrected chi connectivity index (χ1v) is 11.0. The second-order valence-electron chi connectivity index (χ2n) is 7.64. The number of alkyl carbamates (subject to hydrolysis) is 2. The summed E-state index contributed by atoms with van der Waals surface area (Å²) in [4.78, 5) is 74.1. The lowest BCUT2D eigenvalue weighted by Gasteiger charge is -2.46. The number of aliphatic hydroxyl groups excluding tert-OH is 1. The van der Waals surface area contributed by atoms with Crippen molar-refractivity contribution in [3.05, 3.63) is 38.0 Å². The zero-order valence-electron chi connectivity index (χ0n) is 20.0. The lowest BCUT2D eigenvalue weighted by Crippen LogP contribution is -2.68. The second-order valence-corrected chi connectivity index (χ2v) is 7.64. The molecule has 13 nitrogen and oxygen atoms in total. The number of hydrogen-bond acceptors (Lipinski definition) is 10. The highest BCUT2D eigenvalue weighted by Gasteiger charge is 2.55. The molecule has 4 amide bonds. The number of nitrogens with one attached hydrogen (secondary N) is 2. The van der Waals surface area contributed by atoms with Crippen molar-refractivity contribution in [2.75, 3.05) is 32.9 Å². The molecule has 0 saturated carbocycles. The maximum Gasteiger partial charge on any atom is 0.407 e. The van der Waals surface area contributed by atoms with Gasteiger partial charge in [-0.25, -0.2) is 14.4 Å². The largest absolute Gasteiger partial charge is 0.454 e. The van der Waals surface area contributed by atoms with E-state index < -0.39 is 66.2 Å². The maximum atomic E-state index is 13.1. The van der Waals surface area contributed by atoms with Gasteiger partial charge in [0.1, 0.15) is 25.6 Å². The molecule has 1 rings (SSSR count). The molecule has 0 aromatic carbocycles. The average Bonchev–Trinajstić information content (AvgIpc) is 2.83. The fourth-order valence-corrected chi connectivity index (χ4v) is 3.32. The van der Waals surface area contributed by atoms with Gasteiger partial charge in [-0.15, -0.1) is 0 Å². The van der Waals surface area contributed by atoms with E-state index in [2.05, 4.69) is 35.1 Å². The van der Waals surface area contributed by atoms with Crippen molar-refractivity contribution < 1.29 is 48.1 Å². The molecule has 0 aromatic heterocycles. The van der Waals surface area contributed by atoms with E-state index in [0.29, 0.717) is 4.90 Å². The molecule has 0 unspecified atom stereocenters. The minimum atomic E-state index is -1.32. The summed E-state index contributed by atoms with van der Waals surface area (Å²) in [5.41, 5.74) is 0. The summed E-state index contributed by atoms with van der Waals surface area (Å²) < 4.78 is 14.2. The van der Waals surface area contributed by atoms with E-state index in [-0.39, 0.29) is 32.9 Å². The molecule has 1 aliphatic rings. The molecular weight excluding hydrogens is 478 g/mol. The fraction of sp³-hybridized carbons (Fsp3) is 0.478. The van der Waals surface area contributed by atoms with Crippen LogP contribution >= 0.6 is 0 Å². The molecule has 3 atom stereocenters. The smallest absolute Gasteiger partial charge is 0.407 e. The van der Waals surface area contributed by atoms with E-state index in [0.717, 1.165) is 0 Å². The summed E-state index contributed by atoms with van der Waals surface area (Å²) in [7, 11) is 0. The lowest BCUT2D eigenvalue weighted by molar-refractivity contribution is -0.180. The first-order valence-electron chi connectivity index (χ1n) is 11.0. The molecule has 0 radical (unpaired) electrons. The number of ether oxygens (including phenoxy) is 3. The molecule has 0 aromatic rings. The monoisotopic (exact) mass is 509 g/mol. The van der Waals surface area contributed by atoms with Crippen molar-refractivity contribution in [1.82, 2.24) is 15.5 Å². The van der Waals surface area contributed by atoms with E-state index in [1.54, 1.807) is 0 Å². The molecule has 1 heterocycles. The molecular formula is C23H31N3O10. The Morgan fingerprint density at radius 3 is 1.86 bits per heavy atom. The van der Waals surface area contributed by atoms with Gasteiger partial charge in [0, 0.05) is 19.5 Å². The summed E-state index contributed by atoms with van der Waals surface area (Å²) in [5.74, 6) is -6.18. The van der Waals surface area contributed by atoms with E-state index >= 15 is 0 Å². The Labute approximate surface area is 208 Å². The first kappa shape index (κ1) is 30.0. The number of carbonyl (C=O) groups excluding carboxylic acids is 6. The standard InChI is InChI=1S/C23H31N3O10/c1-5-8-34-21(31)20(30)26-16(18(14(4)27)19(26)29)11-17(28)15(12-24-22(32)35-9-6-2)13-25-23(33)36-10-7-3/h5-7,14-16,18,27H,1-3,8-13H2,4H3,(H,24,32)(H,25,33)/t14-,16-,18-/m1/s1. The topological polar surface area (TPSA) is 178 Å². The van der Waals surface area contributed by atoms with Gasteiger partial charge in [-0.1, -0.05) is 38.0 Å². The first-order chi connectivity index (χ1) is 17.1. The number of aliphatic hydroxyl groups is 1. The van der Waals surface area contributed by atoms with Gasteiger partial charge in [0.25, 0.3) is 0 Å². The van der Waals surface area contributed by atoms with E-state index in [1.807, 2.05) is 0 Å². The summed E-state index contributed by atoms with van der Waals surface area (Å²) in [6, 6.07) is -1.14. The third-order valence-corrected chi connectivity index (χ3v) is 5.03. The number of esters is 1. The molecule has 0 aliphatic carbocycles. The van der Waals surface area contributed by atoms with Crippen LogP contribution in [0.3, 0.4) is 0 Å². The Kier molecular flexibility index (Phi) is 12.6. The predicted octanol–water partition coefficient (Wildman–Crippen LogP) is -0.150. The van der Waals surface area contributed by atoms with Gasteiger partial charge in [0.2, 0.25) is 5.91 Å². The number of rotatable bonds is 14.